The molecule has 0 unspecified atom stereocenters. The fourth-order valence-corrected chi connectivity index (χ4v) is 2.90. The van der Waals surface area contributed by atoms with Gasteiger partial charge in [0.2, 0.25) is 5.91 Å². The lowest BCUT2D eigenvalue weighted by Gasteiger charge is -2.35. The number of hydrogen-bond acceptors (Lipinski definition) is 5. The highest BCUT2D eigenvalue weighted by Crippen LogP contribution is 2.13. The molecule has 8 heteroatoms. The highest BCUT2D eigenvalue weighted by atomic mass is 16.5. The molecule has 1 fully saturated rings. The summed E-state index contributed by atoms with van der Waals surface area (Å²) in [7, 11) is 0. The number of nitrogens with zero attached hydrogens (tertiary/aromatic N) is 3. The molecular formula is C17H22N4O4. The average molecular weight is 346 g/mol. The second-order valence-electron chi connectivity index (χ2n) is 6.38. The van der Waals surface area contributed by atoms with Crippen LogP contribution in [0.4, 0.5) is 5.69 Å². The second-order valence-corrected chi connectivity index (χ2v) is 6.38. The summed E-state index contributed by atoms with van der Waals surface area (Å²) in [4.78, 5) is 26.3. The minimum atomic E-state index is -0.279. The predicted octanol–water partition coefficient (Wildman–Crippen LogP) is 1.67. The highest BCUT2D eigenvalue weighted by Gasteiger charge is 2.26. The zero-order valence-corrected chi connectivity index (χ0v) is 14.6. The van der Waals surface area contributed by atoms with Crippen LogP contribution in [0.3, 0.4) is 0 Å². The van der Waals surface area contributed by atoms with Gasteiger partial charge in [0, 0.05) is 19.3 Å². The number of morpholine rings is 1. The van der Waals surface area contributed by atoms with Crippen molar-refractivity contribution < 1.29 is 18.7 Å². The summed E-state index contributed by atoms with van der Waals surface area (Å²) < 4.78 is 12.3. The molecule has 0 bridgehead atoms. The molecule has 3 heterocycles. The number of aromatic nitrogens is 2. The molecule has 1 aliphatic heterocycles. The topological polar surface area (TPSA) is 89.6 Å². The number of ether oxygens (including phenoxy) is 1. The number of carbonyl (C=O) groups is 2. The van der Waals surface area contributed by atoms with Crippen LogP contribution in [0, 0.1) is 6.92 Å². The fourth-order valence-electron chi connectivity index (χ4n) is 2.90. The van der Waals surface area contributed by atoms with Crippen LogP contribution < -0.4 is 5.32 Å². The largest absolute Gasteiger partial charge is 0.469 e. The van der Waals surface area contributed by atoms with Gasteiger partial charge in [0.1, 0.15) is 18.6 Å². The third kappa shape index (κ3) is 4.27. The standard InChI is InChI=1S/C17H22N4O4/c1-11-4-14(10-24-11)17(23)19-15-5-18-21(8-15)9-16(22)20-6-12(2)25-13(3)7-20/h4-5,8,10,12-13H,6-7,9H2,1-3H3,(H,19,23)/t12-,13-/m0/s1. The lowest BCUT2D eigenvalue weighted by atomic mass is 10.2. The molecule has 1 saturated heterocycles. The number of rotatable bonds is 4. The Balaban J connectivity index is 1.58. The molecular weight excluding hydrogens is 324 g/mol. The van der Waals surface area contributed by atoms with Crippen LogP contribution in [0.2, 0.25) is 0 Å². The summed E-state index contributed by atoms with van der Waals surface area (Å²) in [6.07, 6.45) is 4.61. The Kier molecular flexibility index (Phi) is 4.89. The smallest absolute Gasteiger partial charge is 0.259 e. The highest BCUT2D eigenvalue weighted by molar-refractivity contribution is 6.04. The van der Waals surface area contributed by atoms with Gasteiger partial charge in [-0.15, -0.1) is 0 Å². The summed E-state index contributed by atoms with van der Waals surface area (Å²) >= 11 is 0. The van der Waals surface area contributed by atoms with Gasteiger partial charge in [-0.3, -0.25) is 14.3 Å². The van der Waals surface area contributed by atoms with Gasteiger partial charge in [-0.05, 0) is 26.8 Å². The fraction of sp³-hybridized carbons (Fsp3) is 0.471. The molecule has 0 saturated carbocycles. The van der Waals surface area contributed by atoms with Gasteiger partial charge in [0.25, 0.3) is 5.91 Å². The van der Waals surface area contributed by atoms with Crippen molar-refractivity contribution in [3.05, 3.63) is 36.0 Å². The van der Waals surface area contributed by atoms with Crippen LogP contribution >= 0.6 is 0 Å². The maximum atomic E-state index is 12.4. The van der Waals surface area contributed by atoms with E-state index in [1.165, 1.54) is 17.1 Å². The number of nitrogens with one attached hydrogen (secondary N) is 1. The Hall–Kier alpha value is -2.61. The first kappa shape index (κ1) is 17.2. The quantitative estimate of drug-likeness (QED) is 0.910. The van der Waals surface area contributed by atoms with Crippen LogP contribution in [0.15, 0.2) is 29.1 Å². The summed E-state index contributed by atoms with van der Waals surface area (Å²) in [6, 6.07) is 1.66. The number of hydrogen-bond donors (Lipinski definition) is 1. The number of furan rings is 1. The lowest BCUT2D eigenvalue weighted by molar-refractivity contribution is -0.144. The Morgan fingerprint density at radius 2 is 2.04 bits per heavy atom. The van der Waals surface area contributed by atoms with Crippen molar-refractivity contribution in [1.29, 1.82) is 0 Å². The van der Waals surface area contributed by atoms with Crippen molar-refractivity contribution in [2.75, 3.05) is 18.4 Å². The predicted molar refractivity (Wildman–Crippen MR) is 90.2 cm³/mol. The van der Waals surface area contributed by atoms with Crippen molar-refractivity contribution in [2.24, 2.45) is 0 Å². The second kappa shape index (κ2) is 7.10. The Bertz CT molecular complexity index is 756. The molecule has 2 aromatic heterocycles. The van der Waals surface area contributed by atoms with Crippen molar-refractivity contribution in [2.45, 2.75) is 39.5 Å². The van der Waals surface area contributed by atoms with E-state index in [1.807, 2.05) is 13.8 Å². The number of anilines is 1. The molecule has 0 radical (unpaired) electrons. The van der Waals surface area contributed by atoms with E-state index in [9.17, 15) is 9.59 Å². The molecule has 1 aliphatic rings. The molecule has 8 nitrogen and oxygen atoms in total. The molecule has 2 atom stereocenters. The van der Waals surface area contributed by atoms with Gasteiger partial charge in [-0.25, -0.2) is 0 Å². The van der Waals surface area contributed by atoms with Crippen LogP contribution in [0.5, 0.6) is 0 Å². The molecule has 134 valence electrons. The maximum absolute atomic E-state index is 12.4. The molecule has 0 spiro atoms. The van der Waals surface area contributed by atoms with Crippen LogP contribution in [0.25, 0.3) is 0 Å². The molecule has 2 amide bonds. The Labute approximate surface area is 145 Å². The molecule has 0 aliphatic carbocycles. The summed E-state index contributed by atoms with van der Waals surface area (Å²) in [5.74, 6) is 0.368. The van der Waals surface area contributed by atoms with Gasteiger partial charge >= 0.3 is 0 Å². The van der Waals surface area contributed by atoms with E-state index in [4.69, 9.17) is 9.15 Å². The van der Waals surface area contributed by atoms with E-state index in [2.05, 4.69) is 10.4 Å². The normalized spacial score (nSPS) is 20.5. The molecule has 2 aromatic rings. The van der Waals surface area contributed by atoms with E-state index in [1.54, 1.807) is 24.1 Å². The zero-order valence-electron chi connectivity index (χ0n) is 14.6. The lowest BCUT2D eigenvalue weighted by Crippen LogP contribution is -2.49. The van der Waals surface area contributed by atoms with E-state index >= 15 is 0 Å². The van der Waals surface area contributed by atoms with Crippen LogP contribution in [-0.4, -0.2) is 51.8 Å². The zero-order chi connectivity index (χ0) is 18.0. The summed E-state index contributed by atoms with van der Waals surface area (Å²) in [5.41, 5.74) is 0.970. The van der Waals surface area contributed by atoms with E-state index in [0.717, 1.165) is 0 Å². The number of aryl methyl sites for hydroxylation is 1. The SMILES string of the molecule is Cc1cc(C(=O)Nc2cnn(CC(=O)N3C[C@H](C)O[C@@H](C)C3)c2)co1. The number of carbonyl (C=O) groups excluding carboxylic acids is 2. The minimum absolute atomic E-state index is 0.0200. The average Bonchev–Trinajstić information content (AvgIpc) is 3.15. The minimum Gasteiger partial charge on any atom is -0.469 e. The van der Waals surface area contributed by atoms with E-state index < -0.39 is 0 Å². The van der Waals surface area contributed by atoms with Crippen LogP contribution in [-0.2, 0) is 16.1 Å². The van der Waals surface area contributed by atoms with Crippen molar-refractivity contribution >= 4 is 17.5 Å². The van der Waals surface area contributed by atoms with E-state index in [-0.39, 0.29) is 30.6 Å². The van der Waals surface area contributed by atoms with Crippen molar-refractivity contribution in [3.63, 3.8) is 0 Å². The molecule has 25 heavy (non-hydrogen) atoms. The summed E-state index contributed by atoms with van der Waals surface area (Å²) in [6.45, 7) is 6.96. The third-order valence-electron chi connectivity index (χ3n) is 3.95. The van der Waals surface area contributed by atoms with Gasteiger partial charge in [0.15, 0.2) is 0 Å². The van der Waals surface area contributed by atoms with E-state index in [0.29, 0.717) is 30.1 Å². The third-order valence-corrected chi connectivity index (χ3v) is 3.95. The van der Waals surface area contributed by atoms with Gasteiger partial charge in [-0.1, -0.05) is 0 Å². The van der Waals surface area contributed by atoms with Crippen LogP contribution in [0.1, 0.15) is 30.0 Å². The molecule has 3 rings (SSSR count). The van der Waals surface area contributed by atoms with Crippen molar-refractivity contribution in [3.8, 4) is 0 Å². The molecule has 1 N–H and O–H groups in total. The van der Waals surface area contributed by atoms with Gasteiger partial charge in [-0.2, -0.15) is 5.10 Å². The Morgan fingerprint density at radius 3 is 2.68 bits per heavy atom. The summed E-state index contributed by atoms with van der Waals surface area (Å²) in [5, 5.41) is 6.87. The van der Waals surface area contributed by atoms with Gasteiger partial charge < -0.3 is 19.4 Å². The molecule has 0 aromatic carbocycles. The number of amides is 2. The monoisotopic (exact) mass is 346 g/mol. The first-order valence-electron chi connectivity index (χ1n) is 8.23. The first-order valence-corrected chi connectivity index (χ1v) is 8.23. The Morgan fingerprint density at radius 1 is 1.32 bits per heavy atom. The van der Waals surface area contributed by atoms with Crippen molar-refractivity contribution in [1.82, 2.24) is 14.7 Å². The first-order chi connectivity index (χ1) is 11.9. The maximum Gasteiger partial charge on any atom is 0.259 e. The van der Waals surface area contributed by atoms with Gasteiger partial charge in [0.05, 0.1) is 29.7 Å².